The second-order valence-electron chi connectivity index (χ2n) is 8.78. The van der Waals surface area contributed by atoms with Gasteiger partial charge < -0.3 is 33.9 Å². The first-order valence-electron chi connectivity index (χ1n) is 11.9. The maximum Gasteiger partial charge on any atom is 0.309 e. The molecule has 1 fully saturated rings. The predicted molar refractivity (Wildman–Crippen MR) is 126 cm³/mol. The third-order valence-electron chi connectivity index (χ3n) is 5.59. The second kappa shape index (κ2) is 15.7. The van der Waals surface area contributed by atoms with Crippen molar-refractivity contribution in [1.29, 1.82) is 0 Å². The SMILES string of the molecule is C=C(CCC=C(C)COC(C)=O)CCOC1OC(COC(C)=O)C(O)C(OC(=O)C(C)CC)C1O. The Kier molecular flexibility index (Phi) is 13.8. The lowest BCUT2D eigenvalue weighted by molar-refractivity contribution is -0.304. The Morgan fingerprint density at radius 3 is 2.31 bits per heavy atom. The van der Waals surface area contributed by atoms with Crippen LogP contribution in [-0.4, -0.2) is 78.6 Å². The second-order valence-corrected chi connectivity index (χ2v) is 8.78. The summed E-state index contributed by atoms with van der Waals surface area (Å²) < 4.78 is 26.6. The molecule has 6 atom stereocenters. The molecular weight excluding hydrogens is 460 g/mol. The fourth-order valence-electron chi connectivity index (χ4n) is 3.17. The van der Waals surface area contributed by atoms with Crippen LogP contribution in [0.25, 0.3) is 0 Å². The van der Waals surface area contributed by atoms with Crippen LogP contribution in [0.1, 0.15) is 60.3 Å². The molecule has 1 aliphatic heterocycles. The Morgan fingerprint density at radius 2 is 1.71 bits per heavy atom. The lowest BCUT2D eigenvalue weighted by atomic mass is 9.98. The van der Waals surface area contributed by atoms with E-state index in [0.29, 0.717) is 19.3 Å². The summed E-state index contributed by atoms with van der Waals surface area (Å²) >= 11 is 0. The third-order valence-corrected chi connectivity index (χ3v) is 5.59. The van der Waals surface area contributed by atoms with Crippen LogP contribution in [0.4, 0.5) is 0 Å². The minimum absolute atomic E-state index is 0.166. The lowest BCUT2D eigenvalue weighted by Gasteiger charge is -2.41. The molecule has 1 rings (SSSR count). The summed E-state index contributed by atoms with van der Waals surface area (Å²) in [5.74, 6) is -1.87. The van der Waals surface area contributed by atoms with Crippen LogP contribution in [0, 0.1) is 5.92 Å². The van der Waals surface area contributed by atoms with Crippen LogP contribution in [-0.2, 0) is 38.1 Å². The number of aliphatic hydroxyl groups excluding tert-OH is 2. The summed E-state index contributed by atoms with van der Waals surface area (Å²) in [4.78, 5) is 34.4. The van der Waals surface area contributed by atoms with Gasteiger partial charge in [-0.3, -0.25) is 14.4 Å². The van der Waals surface area contributed by atoms with Gasteiger partial charge in [0.2, 0.25) is 0 Å². The van der Waals surface area contributed by atoms with E-state index in [1.165, 1.54) is 13.8 Å². The number of carbonyl (C=O) groups is 3. The molecule has 1 heterocycles. The van der Waals surface area contributed by atoms with Gasteiger partial charge in [0.15, 0.2) is 12.4 Å². The van der Waals surface area contributed by atoms with Crippen molar-refractivity contribution in [3.05, 3.63) is 23.8 Å². The van der Waals surface area contributed by atoms with Crippen molar-refractivity contribution in [3.8, 4) is 0 Å². The molecule has 0 bridgehead atoms. The first-order chi connectivity index (χ1) is 16.5. The highest BCUT2D eigenvalue weighted by Crippen LogP contribution is 2.26. The summed E-state index contributed by atoms with van der Waals surface area (Å²) in [5.41, 5.74) is 1.85. The Bertz CT molecular complexity index is 747. The van der Waals surface area contributed by atoms with Crippen LogP contribution in [0.2, 0.25) is 0 Å². The fraction of sp³-hybridized carbons (Fsp3) is 0.720. The number of ether oxygens (including phenoxy) is 5. The van der Waals surface area contributed by atoms with E-state index in [2.05, 4.69) is 6.58 Å². The van der Waals surface area contributed by atoms with Crippen molar-refractivity contribution in [3.63, 3.8) is 0 Å². The van der Waals surface area contributed by atoms with E-state index in [9.17, 15) is 24.6 Å². The highest BCUT2D eigenvalue weighted by Gasteiger charge is 2.48. The summed E-state index contributed by atoms with van der Waals surface area (Å²) in [5, 5.41) is 21.3. The molecule has 35 heavy (non-hydrogen) atoms. The topological polar surface area (TPSA) is 138 Å². The maximum absolute atomic E-state index is 12.3. The number of hydrogen-bond acceptors (Lipinski definition) is 10. The van der Waals surface area contributed by atoms with Gasteiger partial charge in [0.25, 0.3) is 0 Å². The Labute approximate surface area is 207 Å². The highest BCUT2D eigenvalue weighted by molar-refractivity contribution is 5.72. The minimum atomic E-state index is -1.44. The van der Waals surface area contributed by atoms with Gasteiger partial charge in [-0.2, -0.15) is 0 Å². The van der Waals surface area contributed by atoms with Gasteiger partial charge in [0.1, 0.15) is 31.5 Å². The van der Waals surface area contributed by atoms with E-state index in [-0.39, 0.29) is 25.8 Å². The molecule has 0 radical (unpaired) electrons. The van der Waals surface area contributed by atoms with Gasteiger partial charge >= 0.3 is 17.9 Å². The van der Waals surface area contributed by atoms with Gasteiger partial charge in [0.05, 0.1) is 12.5 Å². The number of hydrogen-bond donors (Lipinski definition) is 2. The van der Waals surface area contributed by atoms with Gasteiger partial charge in [-0.1, -0.05) is 32.1 Å². The summed E-state index contributed by atoms with van der Waals surface area (Å²) in [6, 6.07) is 0. The molecule has 2 N–H and O–H groups in total. The molecule has 1 saturated heterocycles. The van der Waals surface area contributed by atoms with Crippen molar-refractivity contribution in [2.24, 2.45) is 5.92 Å². The Hall–Kier alpha value is -2.27. The number of esters is 3. The Balaban J connectivity index is 2.66. The van der Waals surface area contributed by atoms with Crippen LogP contribution >= 0.6 is 0 Å². The first kappa shape index (κ1) is 30.8. The lowest BCUT2D eigenvalue weighted by Crippen LogP contribution is -2.61. The van der Waals surface area contributed by atoms with Gasteiger partial charge in [-0.05, 0) is 38.2 Å². The smallest absolute Gasteiger partial charge is 0.309 e. The summed E-state index contributed by atoms with van der Waals surface area (Å²) in [6.45, 7) is 12.1. The monoisotopic (exact) mass is 500 g/mol. The fourth-order valence-corrected chi connectivity index (χ4v) is 3.17. The molecule has 10 heteroatoms. The van der Waals surface area contributed by atoms with Gasteiger partial charge in [-0.25, -0.2) is 0 Å². The van der Waals surface area contributed by atoms with Crippen molar-refractivity contribution in [2.45, 2.75) is 91.0 Å². The van der Waals surface area contributed by atoms with E-state index in [0.717, 1.165) is 17.6 Å². The molecule has 200 valence electrons. The molecule has 10 nitrogen and oxygen atoms in total. The van der Waals surface area contributed by atoms with Crippen LogP contribution in [0.5, 0.6) is 0 Å². The molecule has 6 unspecified atom stereocenters. The zero-order valence-electron chi connectivity index (χ0n) is 21.4. The molecular formula is C25H40O10. The number of carbonyl (C=O) groups excluding carboxylic acids is 3. The minimum Gasteiger partial charge on any atom is -0.463 e. The first-order valence-corrected chi connectivity index (χ1v) is 11.9. The van der Waals surface area contributed by atoms with Gasteiger partial charge in [-0.15, -0.1) is 0 Å². The zero-order valence-corrected chi connectivity index (χ0v) is 21.4. The molecule has 0 spiro atoms. The predicted octanol–water partition coefficient (Wildman–Crippen LogP) is 2.21. The molecule has 0 saturated carbocycles. The van der Waals surface area contributed by atoms with E-state index in [1.807, 2.05) is 19.9 Å². The van der Waals surface area contributed by atoms with Crippen molar-refractivity contribution < 1.29 is 48.3 Å². The standard InChI is InChI=1S/C25H40O10/c1-7-17(4)24(30)35-23-21(28)20(14-33-19(6)27)34-25(22(23)29)31-12-11-15(2)9-8-10-16(3)13-32-18(5)26/h10,17,20-23,25,28-29H,2,7-9,11-14H2,1,3-6H3. The van der Waals surface area contributed by atoms with Crippen molar-refractivity contribution >= 4 is 17.9 Å². The quantitative estimate of drug-likeness (QED) is 0.207. The van der Waals surface area contributed by atoms with Crippen LogP contribution < -0.4 is 0 Å². The average molecular weight is 501 g/mol. The zero-order chi connectivity index (χ0) is 26.5. The van der Waals surface area contributed by atoms with Crippen LogP contribution in [0.15, 0.2) is 23.8 Å². The van der Waals surface area contributed by atoms with Crippen molar-refractivity contribution in [1.82, 2.24) is 0 Å². The molecule has 0 aromatic heterocycles. The number of allylic oxidation sites excluding steroid dienone is 1. The Morgan fingerprint density at radius 1 is 1.06 bits per heavy atom. The maximum atomic E-state index is 12.3. The largest absolute Gasteiger partial charge is 0.463 e. The normalized spacial score (nSPS) is 25.5. The van der Waals surface area contributed by atoms with Crippen molar-refractivity contribution in [2.75, 3.05) is 19.8 Å². The summed E-state index contributed by atoms with van der Waals surface area (Å²) in [7, 11) is 0. The molecule has 0 aromatic carbocycles. The van der Waals surface area contributed by atoms with E-state index >= 15 is 0 Å². The van der Waals surface area contributed by atoms with Crippen LogP contribution in [0.3, 0.4) is 0 Å². The molecule has 0 aromatic rings. The molecule has 0 amide bonds. The average Bonchev–Trinajstić information content (AvgIpc) is 2.80. The van der Waals surface area contributed by atoms with E-state index in [1.54, 1.807) is 6.92 Å². The van der Waals surface area contributed by atoms with E-state index < -0.39 is 48.6 Å². The number of rotatable bonds is 14. The van der Waals surface area contributed by atoms with E-state index in [4.69, 9.17) is 23.7 Å². The van der Waals surface area contributed by atoms with Gasteiger partial charge in [0, 0.05) is 13.8 Å². The molecule has 0 aliphatic carbocycles. The number of aliphatic hydroxyl groups is 2. The highest BCUT2D eigenvalue weighted by atomic mass is 16.7. The summed E-state index contributed by atoms with van der Waals surface area (Å²) in [6.07, 6.45) is -1.99. The third kappa shape index (κ3) is 11.3. The molecule has 1 aliphatic rings.